The van der Waals surface area contributed by atoms with Gasteiger partial charge >= 0.3 is 12.0 Å². The van der Waals surface area contributed by atoms with Gasteiger partial charge in [-0.15, -0.1) is 0 Å². The first kappa shape index (κ1) is 20.5. The van der Waals surface area contributed by atoms with Crippen LogP contribution in [-0.2, 0) is 11.0 Å². The zero-order valence-electron chi connectivity index (χ0n) is 14.0. The summed E-state index contributed by atoms with van der Waals surface area (Å²) < 4.78 is 44.6. The first-order valence-electron chi connectivity index (χ1n) is 7.43. The Hall–Kier alpha value is -3.77. The van der Waals surface area contributed by atoms with Crippen LogP contribution in [0, 0.1) is 20.2 Å². The van der Waals surface area contributed by atoms with E-state index in [1.807, 2.05) is 5.32 Å². The number of halogens is 3. The van der Waals surface area contributed by atoms with E-state index in [1.165, 1.54) is 12.1 Å². The van der Waals surface area contributed by atoms with E-state index in [4.69, 9.17) is 4.74 Å². The molecule has 1 atom stereocenters. The molecule has 0 unspecified atom stereocenters. The van der Waals surface area contributed by atoms with Crippen LogP contribution in [0.15, 0.2) is 36.5 Å². The fraction of sp³-hybridized carbons (Fsp3) is 0.200. The minimum absolute atomic E-state index is 0.285. The molecule has 0 saturated carbocycles. The number of carbonyl (C=O) groups excluding carboxylic acids is 1. The highest BCUT2D eigenvalue weighted by molar-refractivity contribution is 5.95. The summed E-state index contributed by atoms with van der Waals surface area (Å²) in [5.74, 6) is -2.08. The minimum atomic E-state index is -4.97. The predicted octanol–water partition coefficient (Wildman–Crippen LogP) is 3.32. The van der Waals surface area contributed by atoms with Crippen molar-refractivity contribution < 1.29 is 32.5 Å². The lowest BCUT2D eigenvalue weighted by atomic mass is 10.1. The number of ether oxygens (including phenoxy) is 1. The first-order valence-corrected chi connectivity index (χ1v) is 7.43. The van der Waals surface area contributed by atoms with Crippen LogP contribution in [0.25, 0.3) is 0 Å². The molecule has 0 radical (unpaired) electrons. The van der Waals surface area contributed by atoms with E-state index in [0.29, 0.717) is 0 Å². The number of amides is 1. The summed E-state index contributed by atoms with van der Waals surface area (Å²) in [5.41, 5.74) is -2.95. The molecule has 0 saturated heterocycles. The smallest absolute Gasteiger partial charge is 0.418 e. The van der Waals surface area contributed by atoms with Gasteiger partial charge in [-0.05, 0) is 35.0 Å². The number of carbonyl (C=O) groups is 1. The Morgan fingerprint density at radius 2 is 1.89 bits per heavy atom. The van der Waals surface area contributed by atoms with Crippen molar-refractivity contribution in [1.82, 2.24) is 4.98 Å². The molecule has 28 heavy (non-hydrogen) atoms. The van der Waals surface area contributed by atoms with E-state index < -0.39 is 50.8 Å². The molecule has 0 aliphatic heterocycles. The second kappa shape index (κ2) is 7.85. The van der Waals surface area contributed by atoms with E-state index in [0.717, 1.165) is 25.3 Å². The Kier molecular flexibility index (Phi) is 5.76. The molecule has 1 amide bonds. The number of nitro benzene ring substituents is 1. The fourth-order valence-corrected chi connectivity index (χ4v) is 2.08. The number of hydrogen-bond acceptors (Lipinski definition) is 7. The monoisotopic (exact) mass is 400 g/mol. The molecule has 1 aromatic carbocycles. The summed E-state index contributed by atoms with van der Waals surface area (Å²) >= 11 is 0. The number of alkyl halides is 3. The van der Waals surface area contributed by atoms with Gasteiger partial charge in [-0.1, -0.05) is 0 Å². The maximum absolute atomic E-state index is 13.1. The van der Waals surface area contributed by atoms with Gasteiger partial charge in [0.05, 0.1) is 16.2 Å². The number of anilines is 1. The zero-order valence-corrected chi connectivity index (χ0v) is 14.0. The average Bonchev–Trinajstić information content (AvgIpc) is 2.61. The van der Waals surface area contributed by atoms with Crippen molar-refractivity contribution in [1.29, 1.82) is 0 Å². The maximum Gasteiger partial charge on any atom is 0.418 e. The van der Waals surface area contributed by atoms with Crippen molar-refractivity contribution >= 4 is 23.1 Å². The van der Waals surface area contributed by atoms with Gasteiger partial charge in [0, 0.05) is 12.1 Å². The predicted molar refractivity (Wildman–Crippen MR) is 87.7 cm³/mol. The van der Waals surface area contributed by atoms with E-state index in [2.05, 4.69) is 4.98 Å². The SMILES string of the molecule is C[C@H](Oc1cccnc1[N+](=O)[O-])C(=O)Nc1ccc([N+](=O)[O-])cc1C(F)(F)F. The van der Waals surface area contributed by atoms with Gasteiger partial charge in [-0.3, -0.25) is 14.9 Å². The van der Waals surface area contributed by atoms with Gasteiger partial charge < -0.3 is 20.2 Å². The second-order valence-electron chi connectivity index (χ2n) is 5.32. The fourth-order valence-electron chi connectivity index (χ4n) is 2.08. The number of nitrogens with one attached hydrogen (secondary N) is 1. The van der Waals surface area contributed by atoms with E-state index in [-0.39, 0.29) is 11.8 Å². The lowest BCUT2D eigenvalue weighted by Gasteiger charge is -2.17. The van der Waals surface area contributed by atoms with Gasteiger partial charge in [-0.25, -0.2) is 0 Å². The number of non-ortho nitro benzene ring substituents is 1. The van der Waals surface area contributed by atoms with E-state index >= 15 is 0 Å². The molecule has 1 heterocycles. The van der Waals surface area contributed by atoms with Crippen molar-refractivity contribution in [3.8, 4) is 5.75 Å². The van der Waals surface area contributed by atoms with Crippen molar-refractivity contribution in [2.45, 2.75) is 19.2 Å². The average molecular weight is 400 g/mol. The number of nitrogens with zero attached hydrogens (tertiary/aromatic N) is 3. The Bertz CT molecular complexity index is 934. The molecule has 2 aromatic rings. The van der Waals surface area contributed by atoms with Crippen molar-refractivity contribution in [3.05, 3.63) is 62.3 Å². The summed E-state index contributed by atoms with van der Waals surface area (Å²) in [4.78, 5) is 35.4. The maximum atomic E-state index is 13.1. The van der Waals surface area contributed by atoms with Crippen LogP contribution in [0.3, 0.4) is 0 Å². The highest BCUT2D eigenvalue weighted by Gasteiger charge is 2.36. The van der Waals surface area contributed by atoms with Crippen LogP contribution in [0.2, 0.25) is 0 Å². The number of pyridine rings is 1. The third-order valence-electron chi connectivity index (χ3n) is 3.37. The standard InChI is InChI=1S/C15H11F3N4O6/c1-8(28-12-3-2-6-19-13(12)22(26)27)14(23)20-11-5-4-9(21(24)25)7-10(11)15(16,17)18/h2-8H,1H3,(H,20,23)/t8-/m0/s1. The lowest BCUT2D eigenvalue weighted by Crippen LogP contribution is -2.31. The van der Waals surface area contributed by atoms with Crippen LogP contribution >= 0.6 is 0 Å². The molecule has 2 rings (SSSR count). The molecule has 0 bridgehead atoms. The van der Waals surface area contributed by atoms with Crippen LogP contribution in [-0.4, -0.2) is 26.8 Å². The minimum Gasteiger partial charge on any atom is -0.473 e. The molecule has 13 heteroatoms. The number of hydrogen-bond donors (Lipinski definition) is 1. The second-order valence-corrected chi connectivity index (χ2v) is 5.32. The number of benzene rings is 1. The number of aromatic nitrogens is 1. The van der Waals surface area contributed by atoms with Crippen molar-refractivity contribution in [2.24, 2.45) is 0 Å². The Balaban J connectivity index is 2.25. The molecule has 10 nitrogen and oxygen atoms in total. The Morgan fingerprint density at radius 1 is 1.21 bits per heavy atom. The molecular weight excluding hydrogens is 389 g/mol. The van der Waals surface area contributed by atoms with Crippen LogP contribution in [0.5, 0.6) is 5.75 Å². The largest absolute Gasteiger partial charge is 0.473 e. The molecule has 0 spiro atoms. The molecular formula is C15H11F3N4O6. The summed E-state index contributed by atoms with van der Waals surface area (Å²) in [6, 6.07) is 4.29. The van der Waals surface area contributed by atoms with Crippen LogP contribution in [0.4, 0.5) is 30.4 Å². The molecule has 0 fully saturated rings. The molecule has 1 N–H and O–H groups in total. The first-order chi connectivity index (χ1) is 13.0. The lowest BCUT2D eigenvalue weighted by molar-refractivity contribution is -0.390. The van der Waals surface area contributed by atoms with Crippen molar-refractivity contribution in [3.63, 3.8) is 0 Å². The quantitative estimate of drug-likeness (QED) is 0.580. The Labute approximate surface area is 154 Å². The van der Waals surface area contributed by atoms with Crippen LogP contribution in [0.1, 0.15) is 12.5 Å². The van der Waals surface area contributed by atoms with E-state index in [1.54, 1.807) is 0 Å². The highest BCUT2D eigenvalue weighted by atomic mass is 19.4. The van der Waals surface area contributed by atoms with E-state index in [9.17, 15) is 38.2 Å². The summed E-state index contributed by atoms with van der Waals surface area (Å²) in [6.45, 7) is 1.16. The van der Waals surface area contributed by atoms with Gasteiger partial charge in [-0.2, -0.15) is 13.2 Å². The highest BCUT2D eigenvalue weighted by Crippen LogP contribution is 2.37. The summed E-state index contributed by atoms with van der Waals surface area (Å²) in [5, 5.41) is 23.5. The van der Waals surface area contributed by atoms with Crippen LogP contribution < -0.4 is 10.1 Å². The van der Waals surface area contributed by atoms with Crippen molar-refractivity contribution in [2.75, 3.05) is 5.32 Å². The molecule has 148 valence electrons. The van der Waals surface area contributed by atoms with Gasteiger partial charge in [0.15, 0.2) is 6.10 Å². The summed E-state index contributed by atoms with van der Waals surface area (Å²) in [6.07, 6.45) is -5.28. The third-order valence-corrected chi connectivity index (χ3v) is 3.37. The topological polar surface area (TPSA) is 138 Å². The Morgan fingerprint density at radius 3 is 2.46 bits per heavy atom. The molecule has 0 aliphatic rings. The number of nitro groups is 2. The van der Waals surface area contributed by atoms with Gasteiger partial charge in [0.25, 0.3) is 11.6 Å². The molecule has 1 aromatic heterocycles. The third kappa shape index (κ3) is 4.69. The number of rotatable bonds is 6. The molecule has 0 aliphatic carbocycles. The normalized spacial score (nSPS) is 12.1. The van der Waals surface area contributed by atoms with Gasteiger partial charge in [0.2, 0.25) is 5.75 Å². The van der Waals surface area contributed by atoms with Gasteiger partial charge in [0.1, 0.15) is 6.20 Å². The zero-order chi connectivity index (χ0) is 21.1. The summed E-state index contributed by atoms with van der Waals surface area (Å²) in [7, 11) is 0.